The molecule has 0 saturated carbocycles. The molecule has 0 bridgehead atoms. The second-order valence-corrected chi connectivity index (χ2v) is 8.61. The first-order valence-corrected chi connectivity index (χ1v) is 10.4. The maximum Gasteiger partial charge on any atom is 0.416 e. The van der Waals surface area contributed by atoms with E-state index in [1.54, 1.807) is 0 Å². The highest BCUT2D eigenvalue weighted by Crippen LogP contribution is 2.36. The Labute approximate surface area is 167 Å². The van der Waals surface area contributed by atoms with Crippen LogP contribution >= 0.6 is 11.8 Å². The molecular formula is C16H15F3N4O4S2. The van der Waals surface area contributed by atoms with Crippen molar-refractivity contribution >= 4 is 27.5 Å². The maximum atomic E-state index is 13.1. The predicted molar refractivity (Wildman–Crippen MR) is 100 cm³/mol. The molecule has 0 aliphatic carbocycles. The van der Waals surface area contributed by atoms with Gasteiger partial charge in [-0.2, -0.15) is 18.4 Å². The fourth-order valence-electron chi connectivity index (χ4n) is 2.28. The zero-order valence-electron chi connectivity index (χ0n) is 15.1. The van der Waals surface area contributed by atoms with E-state index in [1.807, 2.05) is 10.8 Å². The molecule has 0 radical (unpaired) electrons. The van der Waals surface area contributed by atoms with Crippen molar-refractivity contribution in [2.24, 2.45) is 14.1 Å². The van der Waals surface area contributed by atoms with Gasteiger partial charge < -0.3 is 4.57 Å². The second kappa shape index (κ2) is 8.34. The van der Waals surface area contributed by atoms with Crippen LogP contribution in [0.25, 0.3) is 0 Å². The highest BCUT2D eigenvalue weighted by atomic mass is 32.2. The Balaban J connectivity index is 2.57. The van der Waals surface area contributed by atoms with Gasteiger partial charge in [-0.15, -0.1) is 11.8 Å². The summed E-state index contributed by atoms with van der Waals surface area (Å²) in [5.74, 6) is 0.220. The molecule has 29 heavy (non-hydrogen) atoms. The molecule has 0 fully saturated rings. The topological polar surface area (TPSA) is 114 Å². The lowest BCUT2D eigenvalue weighted by atomic mass is 10.2. The van der Waals surface area contributed by atoms with E-state index >= 15 is 0 Å². The van der Waals surface area contributed by atoms with E-state index < -0.39 is 43.6 Å². The maximum absolute atomic E-state index is 13.1. The number of nitrogens with zero attached hydrogens (tertiary/aromatic N) is 3. The van der Waals surface area contributed by atoms with Gasteiger partial charge in [0.05, 0.1) is 17.3 Å². The molecule has 0 atom stereocenters. The first-order chi connectivity index (χ1) is 13.4. The van der Waals surface area contributed by atoms with Crippen molar-refractivity contribution in [1.82, 2.24) is 9.13 Å². The van der Waals surface area contributed by atoms with Crippen molar-refractivity contribution < 1.29 is 21.6 Å². The number of nitrogens with one attached hydrogen (secondary N) is 1. The molecular weight excluding hydrogens is 433 g/mol. The van der Waals surface area contributed by atoms with E-state index in [2.05, 4.69) is 0 Å². The van der Waals surface area contributed by atoms with E-state index in [0.29, 0.717) is 10.6 Å². The van der Waals surface area contributed by atoms with E-state index in [9.17, 15) is 31.2 Å². The Morgan fingerprint density at radius 1 is 1.24 bits per heavy atom. The number of hydrogen-bond acceptors (Lipinski definition) is 6. The molecule has 0 spiro atoms. The summed E-state index contributed by atoms with van der Waals surface area (Å²) in [6.07, 6.45) is -3.83. The van der Waals surface area contributed by atoms with Crippen LogP contribution in [0.4, 0.5) is 18.9 Å². The minimum absolute atomic E-state index is 0.0964. The summed E-state index contributed by atoms with van der Waals surface area (Å²) in [5.41, 5.74) is -3.36. The number of aryl methyl sites for hydroxylation is 1. The van der Waals surface area contributed by atoms with Gasteiger partial charge in [-0.25, -0.2) is 13.2 Å². The first kappa shape index (κ1) is 22.6. The Hall–Kier alpha value is -2.72. The summed E-state index contributed by atoms with van der Waals surface area (Å²) in [6.45, 7) is 0. The second-order valence-electron chi connectivity index (χ2n) is 5.82. The molecule has 0 aliphatic rings. The lowest BCUT2D eigenvalue weighted by Gasteiger charge is -2.15. The van der Waals surface area contributed by atoms with Crippen LogP contribution in [0.5, 0.6) is 0 Å². The molecule has 156 valence electrons. The van der Waals surface area contributed by atoms with Crippen LogP contribution in [0.3, 0.4) is 0 Å². The van der Waals surface area contributed by atoms with Crippen LogP contribution in [0.15, 0.2) is 43.8 Å². The highest BCUT2D eigenvalue weighted by molar-refractivity contribution is 7.99. The molecule has 1 aromatic heterocycles. The minimum Gasteiger partial charge on any atom is -0.302 e. The Morgan fingerprint density at radius 3 is 2.48 bits per heavy atom. The van der Waals surface area contributed by atoms with Gasteiger partial charge in [0.2, 0.25) is 0 Å². The molecule has 1 heterocycles. The fourth-order valence-corrected chi connectivity index (χ4v) is 4.42. The number of aromatic nitrogens is 2. The van der Waals surface area contributed by atoms with Crippen LogP contribution in [0.1, 0.15) is 12.0 Å². The van der Waals surface area contributed by atoms with E-state index in [1.165, 1.54) is 7.05 Å². The molecule has 8 nitrogen and oxygen atoms in total. The monoisotopic (exact) mass is 448 g/mol. The number of thioether (sulfide) groups is 1. The van der Waals surface area contributed by atoms with Crippen molar-refractivity contribution in [2.45, 2.75) is 22.4 Å². The summed E-state index contributed by atoms with van der Waals surface area (Å²) in [7, 11) is -2.30. The molecule has 13 heteroatoms. The van der Waals surface area contributed by atoms with Gasteiger partial charge in [-0.05, 0) is 18.2 Å². The van der Waals surface area contributed by atoms with Gasteiger partial charge in [-0.3, -0.25) is 14.1 Å². The van der Waals surface area contributed by atoms with Gasteiger partial charge in [0.25, 0.3) is 15.6 Å². The highest BCUT2D eigenvalue weighted by Gasteiger charge is 2.32. The summed E-state index contributed by atoms with van der Waals surface area (Å²) >= 11 is 0.984. The zero-order chi connectivity index (χ0) is 22.0. The van der Waals surface area contributed by atoms with E-state index in [4.69, 9.17) is 5.26 Å². The van der Waals surface area contributed by atoms with Crippen LogP contribution in [-0.2, 0) is 30.3 Å². The van der Waals surface area contributed by atoms with Crippen molar-refractivity contribution in [3.63, 3.8) is 0 Å². The summed E-state index contributed by atoms with van der Waals surface area (Å²) in [4.78, 5) is 23.3. The fraction of sp³-hybridized carbons (Fsp3) is 0.312. The predicted octanol–water partition coefficient (Wildman–Crippen LogP) is 1.91. The van der Waals surface area contributed by atoms with Crippen LogP contribution < -0.4 is 16.0 Å². The van der Waals surface area contributed by atoms with Gasteiger partial charge in [0.15, 0.2) is 4.90 Å². The van der Waals surface area contributed by atoms with Crippen LogP contribution in [-0.4, -0.2) is 23.3 Å². The number of rotatable bonds is 6. The van der Waals surface area contributed by atoms with E-state index in [-0.39, 0.29) is 17.1 Å². The molecule has 0 aliphatic heterocycles. The van der Waals surface area contributed by atoms with Crippen molar-refractivity contribution in [2.75, 3.05) is 10.5 Å². The Kier molecular flexibility index (Phi) is 6.49. The van der Waals surface area contributed by atoms with Crippen molar-refractivity contribution in [3.05, 3.63) is 50.8 Å². The normalized spacial score (nSPS) is 11.9. The number of alkyl halides is 3. The van der Waals surface area contributed by atoms with Crippen LogP contribution in [0.2, 0.25) is 0 Å². The average molecular weight is 448 g/mol. The summed E-state index contributed by atoms with van der Waals surface area (Å²) in [5, 5.41) is 8.62. The smallest absolute Gasteiger partial charge is 0.302 e. The van der Waals surface area contributed by atoms with Crippen molar-refractivity contribution in [1.29, 1.82) is 5.26 Å². The first-order valence-electron chi connectivity index (χ1n) is 7.89. The number of sulfonamides is 1. The largest absolute Gasteiger partial charge is 0.416 e. The molecule has 0 unspecified atom stereocenters. The van der Waals surface area contributed by atoms with E-state index in [0.717, 1.165) is 41.7 Å². The quantitative estimate of drug-likeness (QED) is 0.533. The third-order valence-corrected chi connectivity index (χ3v) is 6.15. The van der Waals surface area contributed by atoms with Gasteiger partial charge in [-0.1, -0.05) is 0 Å². The van der Waals surface area contributed by atoms with Gasteiger partial charge in [0, 0.05) is 37.4 Å². The van der Waals surface area contributed by atoms with Crippen LogP contribution in [0, 0.1) is 11.3 Å². The Morgan fingerprint density at radius 2 is 1.90 bits per heavy atom. The number of nitriles is 1. The summed E-state index contributed by atoms with van der Waals surface area (Å²) in [6, 6.07) is 4.36. The third-order valence-electron chi connectivity index (χ3n) is 3.73. The lowest BCUT2D eigenvalue weighted by molar-refractivity contribution is -0.137. The standard InChI is InChI=1S/C16H15F3N4O4S2/c1-22-9-13(14(24)23(2)15(22)25)29(26,27)21-11-8-10(16(17,18)19)4-5-12(11)28-7-3-6-20/h4-5,8-9,21H,3,7H2,1-2H3. The summed E-state index contributed by atoms with van der Waals surface area (Å²) < 4.78 is 68.0. The molecule has 1 N–H and O–H groups in total. The SMILES string of the molecule is Cn1cc(S(=O)(=O)Nc2cc(C(F)(F)F)ccc2SCCC#N)c(=O)n(C)c1=O. The number of halogens is 3. The third kappa shape index (κ3) is 5.01. The number of hydrogen-bond donors (Lipinski definition) is 1. The Bertz CT molecular complexity index is 1190. The minimum atomic E-state index is -4.72. The molecule has 2 aromatic rings. The molecule has 0 saturated heterocycles. The molecule has 2 rings (SSSR count). The number of benzene rings is 1. The zero-order valence-corrected chi connectivity index (χ0v) is 16.8. The number of anilines is 1. The molecule has 0 amide bonds. The molecule has 1 aromatic carbocycles. The van der Waals surface area contributed by atoms with Crippen molar-refractivity contribution in [3.8, 4) is 6.07 Å². The van der Waals surface area contributed by atoms with Gasteiger partial charge >= 0.3 is 11.9 Å². The average Bonchev–Trinajstić information content (AvgIpc) is 2.63. The van der Waals surface area contributed by atoms with Gasteiger partial charge in [0.1, 0.15) is 0 Å². The lowest BCUT2D eigenvalue weighted by Crippen LogP contribution is -2.40.